The Morgan fingerprint density at radius 1 is 1.12 bits per heavy atom. The molecular formula is C25H29F2N3O3. The van der Waals surface area contributed by atoms with E-state index in [0.29, 0.717) is 30.6 Å². The molecule has 1 saturated carbocycles. The van der Waals surface area contributed by atoms with E-state index in [4.69, 9.17) is 10.5 Å². The van der Waals surface area contributed by atoms with E-state index in [0.717, 1.165) is 37.8 Å². The van der Waals surface area contributed by atoms with Crippen LogP contribution in [0.3, 0.4) is 0 Å². The summed E-state index contributed by atoms with van der Waals surface area (Å²) in [6, 6.07) is 12.6. The molecule has 176 valence electrons. The molecule has 0 radical (unpaired) electrons. The molecular weight excluding hydrogens is 428 g/mol. The fraction of sp³-hybridized carbons (Fsp3) is 0.440. The normalized spacial score (nSPS) is 21.2. The Hall–Kier alpha value is -3.00. The molecule has 33 heavy (non-hydrogen) atoms. The van der Waals surface area contributed by atoms with E-state index in [1.807, 2.05) is 18.2 Å². The van der Waals surface area contributed by atoms with Crippen molar-refractivity contribution in [3.63, 3.8) is 0 Å². The molecule has 0 aromatic heterocycles. The lowest BCUT2D eigenvalue weighted by molar-refractivity contribution is -0.178. The zero-order valence-corrected chi connectivity index (χ0v) is 18.4. The maximum Gasteiger partial charge on any atom is 0.343 e. The highest BCUT2D eigenvalue weighted by molar-refractivity contribution is 5.82. The highest BCUT2D eigenvalue weighted by atomic mass is 19.2. The maximum atomic E-state index is 13.4. The van der Waals surface area contributed by atoms with E-state index >= 15 is 0 Å². The third-order valence-corrected chi connectivity index (χ3v) is 6.62. The van der Waals surface area contributed by atoms with Crippen LogP contribution in [0.5, 0.6) is 0 Å². The van der Waals surface area contributed by atoms with E-state index < -0.39 is 29.3 Å². The number of esters is 1. The molecule has 6 nitrogen and oxygen atoms in total. The number of aliphatic hydroxyl groups is 1. The van der Waals surface area contributed by atoms with Gasteiger partial charge in [-0.1, -0.05) is 49.2 Å². The summed E-state index contributed by atoms with van der Waals surface area (Å²) >= 11 is 0. The molecule has 0 amide bonds. The van der Waals surface area contributed by atoms with Crippen molar-refractivity contribution in [2.45, 2.75) is 50.4 Å². The number of likely N-dealkylation sites (tertiary alicyclic amines) is 1. The first kappa shape index (κ1) is 23.2. The Morgan fingerprint density at radius 3 is 2.55 bits per heavy atom. The lowest BCUT2D eigenvalue weighted by atomic mass is 9.80. The van der Waals surface area contributed by atoms with Gasteiger partial charge in [0, 0.05) is 18.9 Å². The minimum Gasteiger partial charge on any atom is -0.458 e. The topological polar surface area (TPSA) is 88.1 Å². The van der Waals surface area contributed by atoms with Gasteiger partial charge < -0.3 is 20.5 Å². The van der Waals surface area contributed by atoms with Crippen LogP contribution < -0.4 is 5.73 Å². The van der Waals surface area contributed by atoms with Crippen molar-refractivity contribution in [1.29, 1.82) is 0 Å². The maximum absolute atomic E-state index is 13.4. The molecule has 2 atom stereocenters. The zero-order chi connectivity index (χ0) is 23.4. The SMILES string of the molecule is NC(=NCc1ccc(F)c(F)c1)N1CC[C@@H](OC(=O)[C@](O)(c2ccccc2)C2CCCC2)C1. The summed E-state index contributed by atoms with van der Waals surface area (Å²) in [5.41, 5.74) is 5.48. The Balaban J connectivity index is 1.40. The van der Waals surface area contributed by atoms with Gasteiger partial charge in [0.05, 0.1) is 13.1 Å². The average molecular weight is 458 g/mol. The minimum atomic E-state index is -1.67. The number of ether oxygens (including phenoxy) is 1. The van der Waals surface area contributed by atoms with Gasteiger partial charge in [0.25, 0.3) is 0 Å². The van der Waals surface area contributed by atoms with Crippen molar-refractivity contribution in [1.82, 2.24) is 4.90 Å². The Kier molecular flexibility index (Phi) is 6.93. The van der Waals surface area contributed by atoms with E-state index in [1.54, 1.807) is 17.0 Å². The molecule has 8 heteroatoms. The lowest BCUT2D eigenvalue weighted by Gasteiger charge is -2.33. The van der Waals surface area contributed by atoms with Crippen LogP contribution >= 0.6 is 0 Å². The van der Waals surface area contributed by atoms with Gasteiger partial charge in [0.15, 0.2) is 23.2 Å². The Bertz CT molecular complexity index is 1010. The number of hydrogen-bond donors (Lipinski definition) is 2. The molecule has 2 fully saturated rings. The van der Waals surface area contributed by atoms with Crippen molar-refractivity contribution in [3.05, 3.63) is 71.3 Å². The van der Waals surface area contributed by atoms with E-state index in [-0.39, 0.29) is 18.4 Å². The minimum absolute atomic E-state index is 0.111. The zero-order valence-electron chi connectivity index (χ0n) is 18.4. The summed E-state index contributed by atoms with van der Waals surface area (Å²) in [6.07, 6.45) is 3.65. The summed E-state index contributed by atoms with van der Waals surface area (Å²) in [6.45, 7) is 1.01. The first-order valence-electron chi connectivity index (χ1n) is 11.4. The largest absolute Gasteiger partial charge is 0.458 e. The number of aliphatic imine (C=N–C) groups is 1. The molecule has 0 bridgehead atoms. The molecule has 1 heterocycles. The Labute approximate surface area is 192 Å². The highest BCUT2D eigenvalue weighted by Gasteiger charge is 2.48. The second kappa shape index (κ2) is 9.87. The van der Waals surface area contributed by atoms with Crippen molar-refractivity contribution in [3.8, 4) is 0 Å². The van der Waals surface area contributed by atoms with Crippen LogP contribution in [-0.4, -0.2) is 41.1 Å². The third kappa shape index (κ3) is 5.00. The van der Waals surface area contributed by atoms with Gasteiger partial charge in [-0.25, -0.2) is 18.6 Å². The quantitative estimate of drug-likeness (QED) is 0.394. The number of rotatable bonds is 6. The van der Waals surface area contributed by atoms with Gasteiger partial charge in [-0.05, 0) is 36.1 Å². The molecule has 2 aromatic carbocycles. The number of carbonyl (C=O) groups excluding carboxylic acids is 1. The molecule has 3 N–H and O–H groups in total. The van der Waals surface area contributed by atoms with Gasteiger partial charge in [-0.3, -0.25) is 0 Å². The highest BCUT2D eigenvalue weighted by Crippen LogP contribution is 2.41. The molecule has 1 aliphatic heterocycles. The smallest absolute Gasteiger partial charge is 0.343 e. The number of hydrogen-bond acceptors (Lipinski definition) is 4. The molecule has 4 rings (SSSR count). The van der Waals surface area contributed by atoms with Gasteiger partial charge in [0.1, 0.15) is 6.10 Å². The molecule has 2 aliphatic rings. The summed E-state index contributed by atoms with van der Waals surface area (Å²) in [5, 5.41) is 11.5. The Morgan fingerprint density at radius 2 is 1.85 bits per heavy atom. The monoisotopic (exact) mass is 457 g/mol. The molecule has 1 aliphatic carbocycles. The second-order valence-electron chi connectivity index (χ2n) is 8.80. The van der Waals surface area contributed by atoms with Crippen LogP contribution in [0, 0.1) is 17.6 Å². The van der Waals surface area contributed by atoms with E-state index in [9.17, 15) is 18.7 Å². The first-order chi connectivity index (χ1) is 15.9. The number of nitrogens with two attached hydrogens (primary N) is 1. The number of benzene rings is 2. The van der Waals surface area contributed by atoms with Crippen molar-refractivity contribution in [2.75, 3.05) is 13.1 Å². The van der Waals surface area contributed by atoms with E-state index in [2.05, 4.69) is 4.99 Å². The fourth-order valence-corrected chi connectivity index (χ4v) is 4.74. The summed E-state index contributed by atoms with van der Waals surface area (Å²) < 4.78 is 32.2. The van der Waals surface area contributed by atoms with Gasteiger partial charge in [-0.15, -0.1) is 0 Å². The van der Waals surface area contributed by atoms with Crippen molar-refractivity contribution in [2.24, 2.45) is 16.6 Å². The number of nitrogens with zero attached hydrogens (tertiary/aromatic N) is 2. The summed E-state index contributed by atoms with van der Waals surface area (Å²) in [7, 11) is 0. The number of halogens is 2. The van der Waals surface area contributed by atoms with E-state index in [1.165, 1.54) is 6.07 Å². The molecule has 0 spiro atoms. The first-order valence-corrected chi connectivity index (χ1v) is 11.4. The molecule has 1 saturated heterocycles. The van der Waals surface area contributed by atoms with Gasteiger partial charge in [0.2, 0.25) is 0 Å². The van der Waals surface area contributed by atoms with Gasteiger partial charge >= 0.3 is 5.97 Å². The summed E-state index contributed by atoms with van der Waals surface area (Å²) in [4.78, 5) is 19.3. The van der Waals surface area contributed by atoms with Crippen LogP contribution in [0.4, 0.5) is 8.78 Å². The lowest BCUT2D eigenvalue weighted by Crippen LogP contribution is -2.45. The average Bonchev–Trinajstić information content (AvgIpc) is 3.52. The fourth-order valence-electron chi connectivity index (χ4n) is 4.74. The summed E-state index contributed by atoms with van der Waals surface area (Å²) in [5.74, 6) is -2.39. The van der Waals surface area contributed by atoms with Crippen molar-refractivity contribution >= 4 is 11.9 Å². The van der Waals surface area contributed by atoms with Crippen LogP contribution in [0.2, 0.25) is 0 Å². The molecule has 2 aromatic rings. The van der Waals surface area contributed by atoms with Crippen LogP contribution in [0.25, 0.3) is 0 Å². The number of carbonyl (C=O) groups is 1. The third-order valence-electron chi connectivity index (χ3n) is 6.62. The second-order valence-corrected chi connectivity index (χ2v) is 8.80. The van der Waals surface area contributed by atoms with Crippen LogP contribution in [-0.2, 0) is 21.7 Å². The molecule has 0 unspecified atom stereocenters. The van der Waals surface area contributed by atoms with Gasteiger partial charge in [-0.2, -0.15) is 0 Å². The number of guanidine groups is 1. The van der Waals surface area contributed by atoms with Crippen molar-refractivity contribution < 1.29 is 23.4 Å². The van der Waals surface area contributed by atoms with Crippen LogP contribution in [0.15, 0.2) is 53.5 Å². The predicted octanol–water partition coefficient (Wildman–Crippen LogP) is 3.48. The van der Waals surface area contributed by atoms with Crippen LogP contribution in [0.1, 0.15) is 43.2 Å². The standard InChI is InChI=1S/C25H29F2N3O3/c26-21-11-10-17(14-22(21)27)15-29-24(28)30-13-12-20(16-30)33-23(31)25(32,19-8-4-5-9-19)18-6-2-1-3-7-18/h1-3,6-7,10-11,14,19-20,32H,4-5,8-9,12-13,15-16H2,(H2,28,29)/t20-,25+/m1/s1. The predicted molar refractivity (Wildman–Crippen MR) is 120 cm³/mol.